The number of carbonyl (C=O) groups excluding carboxylic acids is 1. The lowest BCUT2D eigenvalue weighted by atomic mass is 9.96. The molecule has 3 rings (SSSR count). The third kappa shape index (κ3) is 4.40. The molecule has 1 heterocycles. The molecule has 0 fully saturated rings. The van der Waals surface area contributed by atoms with Crippen molar-refractivity contribution in [2.75, 3.05) is 13.2 Å². The zero-order chi connectivity index (χ0) is 17.6. The number of carbonyl (C=O) groups is 1. The minimum atomic E-state index is 0.0169. The van der Waals surface area contributed by atoms with Crippen LogP contribution in [0.5, 0.6) is 5.75 Å². The van der Waals surface area contributed by atoms with Gasteiger partial charge in [-0.05, 0) is 17.5 Å². The molecule has 0 aliphatic carbocycles. The van der Waals surface area contributed by atoms with Gasteiger partial charge in [-0.3, -0.25) is 4.79 Å². The van der Waals surface area contributed by atoms with E-state index in [0.29, 0.717) is 19.1 Å². The Hall–Kier alpha value is -2.33. The molecule has 1 amide bonds. The number of rotatable bonds is 6. The average molecular weight is 338 g/mol. The molecule has 0 saturated carbocycles. The molecular weight excluding hydrogens is 312 g/mol. The molecule has 2 unspecified atom stereocenters. The molecule has 2 atom stereocenters. The predicted molar refractivity (Wildman–Crippen MR) is 99.5 cm³/mol. The maximum absolute atomic E-state index is 12.5. The highest BCUT2D eigenvalue weighted by molar-refractivity contribution is 5.78. The zero-order valence-corrected chi connectivity index (χ0v) is 14.9. The number of fused-ring (bicyclic) bond motifs is 1. The summed E-state index contributed by atoms with van der Waals surface area (Å²) in [5.74, 6) is 1.29. The first-order valence-electron chi connectivity index (χ1n) is 8.94. The van der Waals surface area contributed by atoms with Gasteiger partial charge in [0, 0.05) is 18.0 Å². The Kier molecular flexibility index (Phi) is 5.71. The van der Waals surface area contributed by atoms with E-state index in [9.17, 15) is 4.79 Å². The summed E-state index contributed by atoms with van der Waals surface area (Å²) in [4.78, 5) is 12.5. The number of benzene rings is 2. The summed E-state index contributed by atoms with van der Waals surface area (Å²) in [5.41, 5.74) is 2.27. The molecule has 2 aromatic carbocycles. The van der Waals surface area contributed by atoms with Crippen molar-refractivity contribution in [2.24, 2.45) is 5.92 Å². The lowest BCUT2D eigenvalue weighted by Crippen LogP contribution is -2.40. The van der Waals surface area contributed by atoms with Gasteiger partial charge < -0.3 is 15.4 Å². The van der Waals surface area contributed by atoms with Gasteiger partial charge in [0.25, 0.3) is 0 Å². The molecule has 0 radical (unpaired) electrons. The topological polar surface area (TPSA) is 50.4 Å². The summed E-state index contributed by atoms with van der Waals surface area (Å²) in [5, 5.41) is 6.54. The van der Waals surface area contributed by atoms with E-state index in [4.69, 9.17) is 4.74 Å². The summed E-state index contributed by atoms with van der Waals surface area (Å²) in [6.07, 6.45) is 0.801. The van der Waals surface area contributed by atoms with Crippen molar-refractivity contribution in [2.45, 2.75) is 32.4 Å². The highest BCUT2D eigenvalue weighted by Crippen LogP contribution is 2.31. The first kappa shape index (κ1) is 17.5. The van der Waals surface area contributed by atoms with Crippen LogP contribution in [-0.4, -0.2) is 19.1 Å². The minimum Gasteiger partial charge on any atom is -0.493 e. The number of hydrogen-bond donors (Lipinski definition) is 2. The predicted octanol–water partition coefficient (Wildman–Crippen LogP) is 3.61. The zero-order valence-electron chi connectivity index (χ0n) is 14.9. The van der Waals surface area contributed by atoms with Crippen molar-refractivity contribution < 1.29 is 9.53 Å². The summed E-state index contributed by atoms with van der Waals surface area (Å²) < 4.78 is 5.66. The molecule has 4 nitrogen and oxygen atoms in total. The Bertz CT molecular complexity index is 700. The Morgan fingerprint density at radius 3 is 2.60 bits per heavy atom. The van der Waals surface area contributed by atoms with Crippen LogP contribution in [0.25, 0.3) is 0 Å². The molecule has 1 aliphatic heterocycles. The molecule has 0 spiro atoms. The van der Waals surface area contributed by atoms with Crippen molar-refractivity contribution in [1.82, 2.24) is 10.6 Å². The second kappa shape index (κ2) is 8.17. The van der Waals surface area contributed by atoms with Crippen LogP contribution in [-0.2, 0) is 4.79 Å². The van der Waals surface area contributed by atoms with Crippen molar-refractivity contribution in [3.8, 4) is 5.75 Å². The third-order valence-electron chi connectivity index (χ3n) is 4.60. The first-order chi connectivity index (χ1) is 12.1. The van der Waals surface area contributed by atoms with E-state index >= 15 is 0 Å². The van der Waals surface area contributed by atoms with E-state index in [1.165, 1.54) is 5.56 Å². The third-order valence-corrected chi connectivity index (χ3v) is 4.60. The van der Waals surface area contributed by atoms with E-state index in [-0.39, 0.29) is 18.0 Å². The van der Waals surface area contributed by atoms with E-state index in [2.05, 4.69) is 36.6 Å². The summed E-state index contributed by atoms with van der Waals surface area (Å²) in [6, 6.07) is 18.4. The largest absolute Gasteiger partial charge is 0.493 e. The summed E-state index contributed by atoms with van der Waals surface area (Å²) in [6.45, 7) is 5.26. The number of hydrogen-bond acceptors (Lipinski definition) is 3. The lowest BCUT2D eigenvalue weighted by molar-refractivity contribution is -0.121. The van der Waals surface area contributed by atoms with Gasteiger partial charge in [0.1, 0.15) is 5.75 Å². The Morgan fingerprint density at radius 2 is 1.84 bits per heavy atom. The van der Waals surface area contributed by atoms with E-state index in [0.717, 1.165) is 17.7 Å². The quantitative estimate of drug-likeness (QED) is 0.846. The van der Waals surface area contributed by atoms with Crippen LogP contribution in [0.2, 0.25) is 0 Å². The van der Waals surface area contributed by atoms with E-state index in [1.807, 2.05) is 42.5 Å². The van der Waals surface area contributed by atoms with Gasteiger partial charge in [-0.2, -0.15) is 0 Å². The van der Waals surface area contributed by atoms with Gasteiger partial charge in [-0.25, -0.2) is 0 Å². The minimum absolute atomic E-state index is 0.0169. The lowest BCUT2D eigenvalue weighted by Gasteiger charge is -2.27. The molecule has 0 aromatic heterocycles. The number of para-hydroxylation sites is 1. The Morgan fingerprint density at radius 1 is 1.12 bits per heavy atom. The molecule has 1 aliphatic rings. The Labute approximate surface area is 149 Å². The van der Waals surface area contributed by atoms with Gasteiger partial charge in [-0.1, -0.05) is 62.4 Å². The van der Waals surface area contributed by atoms with Gasteiger partial charge >= 0.3 is 0 Å². The molecule has 25 heavy (non-hydrogen) atoms. The van der Waals surface area contributed by atoms with Gasteiger partial charge in [0.2, 0.25) is 5.91 Å². The van der Waals surface area contributed by atoms with Gasteiger partial charge in [0.15, 0.2) is 0 Å². The molecule has 4 heteroatoms. The number of nitrogens with one attached hydrogen (secondary N) is 2. The van der Waals surface area contributed by atoms with Crippen LogP contribution >= 0.6 is 0 Å². The van der Waals surface area contributed by atoms with Crippen LogP contribution in [0.1, 0.15) is 43.5 Å². The maximum atomic E-state index is 12.5. The normalized spacial score (nSPS) is 17.5. The Balaban J connectivity index is 1.60. The van der Waals surface area contributed by atoms with E-state index < -0.39 is 0 Å². The molecule has 132 valence electrons. The molecule has 2 aromatic rings. The van der Waals surface area contributed by atoms with Crippen LogP contribution in [0.4, 0.5) is 0 Å². The van der Waals surface area contributed by atoms with Crippen LogP contribution in [0.15, 0.2) is 54.6 Å². The molecule has 2 N–H and O–H groups in total. The standard InChI is InChI=1S/C21H26N2O2/c1-15(2)21(16-8-4-3-5-9-16)22-14-20(24)23-18-12-13-25-19-11-7-6-10-17(18)19/h3-11,15,18,21-22H,12-14H2,1-2H3,(H,23,24). The first-order valence-corrected chi connectivity index (χ1v) is 8.94. The highest BCUT2D eigenvalue weighted by Gasteiger charge is 2.23. The second-order valence-electron chi connectivity index (χ2n) is 6.81. The smallest absolute Gasteiger partial charge is 0.234 e. The second-order valence-corrected chi connectivity index (χ2v) is 6.81. The van der Waals surface area contributed by atoms with Crippen molar-refractivity contribution >= 4 is 5.91 Å². The van der Waals surface area contributed by atoms with Gasteiger partial charge in [-0.15, -0.1) is 0 Å². The molecule has 0 saturated heterocycles. The maximum Gasteiger partial charge on any atom is 0.234 e. The summed E-state index contributed by atoms with van der Waals surface area (Å²) in [7, 11) is 0. The summed E-state index contributed by atoms with van der Waals surface area (Å²) >= 11 is 0. The fraction of sp³-hybridized carbons (Fsp3) is 0.381. The molecular formula is C21H26N2O2. The van der Waals surface area contributed by atoms with Crippen molar-refractivity contribution in [3.63, 3.8) is 0 Å². The van der Waals surface area contributed by atoms with Crippen molar-refractivity contribution in [3.05, 3.63) is 65.7 Å². The number of amides is 1. The van der Waals surface area contributed by atoms with E-state index in [1.54, 1.807) is 0 Å². The fourth-order valence-electron chi connectivity index (χ4n) is 3.34. The fourth-order valence-corrected chi connectivity index (χ4v) is 3.34. The van der Waals surface area contributed by atoms with Crippen LogP contribution < -0.4 is 15.4 Å². The SMILES string of the molecule is CC(C)C(NCC(=O)NC1CCOc2ccccc21)c1ccccc1. The monoisotopic (exact) mass is 338 g/mol. The van der Waals surface area contributed by atoms with Crippen molar-refractivity contribution in [1.29, 1.82) is 0 Å². The molecule has 0 bridgehead atoms. The highest BCUT2D eigenvalue weighted by atomic mass is 16.5. The average Bonchev–Trinajstić information content (AvgIpc) is 2.63. The van der Waals surface area contributed by atoms with Crippen LogP contribution in [0.3, 0.4) is 0 Å². The van der Waals surface area contributed by atoms with Crippen LogP contribution in [0, 0.1) is 5.92 Å². The van der Waals surface area contributed by atoms with Gasteiger partial charge in [0.05, 0.1) is 19.2 Å². The number of ether oxygens (including phenoxy) is 1.